The van der Waals surface area contributed by atoms with E-state index in [0.29, 0.717) is 12.6 Å². The fraction of sp³-hybridized carbons (Fsp3) is 0.611. The lowest BCUT2D eigenvalue weighted by molar-refractivity contribution is 0.173. The minimum absolute atomic E-state index is 0. The topological polar surface area (TPSA) is 61.6 Å². The van der Waals surface area contributed by atoms with Gasteiger partial charge in [-0.15, -0.1) is 45.5 Å². The van der Waals surface area contributed by atoms with Crippen LogP contribution in [-0.2, 0) is 20.1 Å². The Labute approximate surface area is 181 Å². The van der Waals surface area contributed by atoms with Crippen molar-refractivity contribution in [3.8, 4) is 0 Å². The van der Waals surface area contributed by atoms with E-state index in [2.05, 4.69) is 42.8 Å². The minimum atomic E-state index is 0. The molecule has 0 amide bonds. The Morgan fingerprint density at radius 1 is 1.26 bits per heavy atom. The molecule has 27 heavy (non-hydrogen) atoms. The molecule has 1 N–H and O–H groups in total. The molecule has 1 aliphatic heterocycles. The molecule has 1 saturated carbocycles. The van der Waals surface area contributed by atoms with Crippen molar-refractivity contribution in [1.29, 1.82) is 0 Å². The molecule has 0 spiro atoms. The summed E-state index contributed by atoms with van der Waals surface area (Å²) in [6.45, 7) is 7.78. The molecular formula is C18H28IN7S. The molecule has 0 aromatic carbocycles. The molecule has 9 heteroatoms. The lowest BCUT2D eigenvalue weighted by Crippen LogP contribution is -2.52. The highest BCUT2D eigenvalue weighted by molar-refractivity contribution is 14.0. The molecule has 1 saturated heterocycles. The Kier molecular flexibility index (Phi) is 7.10. The van der Waals surface area contributed by atoms with Crippen molar-refractivity contribution in [1.82, 2.24) is 29.9 Å². The summed E-state index contributed by atoms with van der Waals surface area (Å²) in [6.07, 6.45) is 2.50. The molecular weight excluding hydrogens is 473 g/mol. The van der Waals surface area contributed by atoms with E-state index in [1.165, 1.54) is 17.7 Å². The number of nitrogens with zero attached hydrogens (tertiary/aromatic N) is 6. The van der Waals surface area contributed by atoms with Gasteiger partial charge in [0.1, 0.15) is 12.4 Å². The van der Waals surface area contributed by atoms with Crippen LogP contribution in [0.5, 0.6) is 0 Å². The van der Waals surface area contributed by atoms with Crippen LogP contribution in [0.25, 0.3) is 0 Å². The van der Waals surface area contributed by atoms with E-state index >= 15 is 0 Å². The number of hydrogen-bond donors (Lipinski definition) is 1. The smallest absolute Gasteiger partial charge is 0.194 e. The molecule has 7 nitrogen and oxygen atoms in total. The molecule has 1 aliphatic carbocycles. The van der Waals surface area contributed by atoms with Crippen LogP contribution in [0.1, 0.15) is 29.4 Å². The zero-order valence-corrected chi connectivity index (χ0v) is 19.1. The first-order valence-electron chi connectivity index (χ1n) is 9.34. The number of halogens is 1. The van der Waals surface area contributed by atoms with Gasteiger partial charge in [-0.25, -0.2) is 4.99 Å². The SMILES string of the molecule is Cc1nnc(CN=C(NC2CC2)N2CCN(Cc3cccs3)CC2)n1C.I. The van der Waals surface area contributed by atoms with Crippen LogP contribution in [0.2, 0.25) is 0 Å². The fourth-order valence-electron chi connectivity index (χ4n) is 3.12. The highest BCUT2D eigenvalue weighted by atomic mass is 127. The Morgan fingerprint density at radius 2 is 2.04 bits per heavy atom. The van der Waals surface area contributed by atoms with E-state index < -0.39 is 0 Å². The van der Waals surface area contributed by atoms with E-state index in [0.717, 1.165) is 50.3 Å². The summed E-state index contributed by atoms with van der Waals surface area (Å²) in [4.78, 5) is 11.2. The van der Waals surface area contributed by atoms with E-state index in [1.54, 1.807) is 0 Å². The Bertz CT molecular complexity index is 746. The molecule has 0 atom stereocenters. The van der Waals surface area contributed by atoms with Crippen molar-refractivity contribution in [2.75, 3.05) is 26.2 Å². The van der Waals surface area contributed by atoms with E-state index in [9.17, 15) is 0 Å². The number of guanidine groups is 1. The Hall–Kier alpha value is -1.20. The highest BCUT2D eigenvalue weighted by Gasteiger charge is 2.27. The van der Waals surface area contributed by atoms with Gasteiger partial charge < -0.3 is 14.8 Å². The molecule has 0 unspecified atom stereocenters. The third-order valence-corrected chi connectivity index (χ3v) is 5.96. The molecule has 0 bridgehead atoms. The summed E-state index contributed by atoms with van der Waals surface area (Å²) in [5.74, 6) is 2.87. The van der Waals surface area contributed by atoms with Gasteiger partial charge in [-0.3, -0.25) is 4.90 Å². The molecule has 2 fully saturated rings. The summed E-state index contributed by atoms with van der Waals surface area (Å²) in [5.41, 5.74) is 0. The van der Waals surface area contributed by atoms with Crippen LogP contribution in [0, 0.1) is 6.92 Å². The Morgan fingerprint density at radius 3 is 2.63 bits per heavy atom. The molecule has 4 rings (SSSR count). The Balaban J connectivity index is 0.00000210. The number of piperazine rings is 1. The normalized spacial score (nSPS) is 18.4. The maximum Gasteiger partial charge on any atom is 0.194 e. The molecule has 2 aromatic heterocycles. The van der Waals surface area contributed by atoms with Crippen LogP contribution in [0.15, 0.2) is 22.5 Å². The second-order valence-electron chi connectivity index (χ2n) is 7.12. The van der Waals surface area contributed by atoms with Crippen molar-refractivity contribution in [3.05, 3.63) is 34.0 Å². The van der Waals surface area contributed by atoms with Crippen LogP contribution in [0.4, 0.5) is 0 Å². The summed E-state index contributed by atoms with van der Waals surface area (Å²) >= 11 is 1.84. The first-order valence-corrected chi connectivity index (χ1v) is 10.2. The third-order valence-electron chi connectivity index (χ3n) is 5.09. The number of aliphatic imine (C=N–C) groups is 1. The lowest BCUT2D eigenvalue weighted by atomic mass is 10.3. The van der Waals surface area contributed by atoms with E-state index in [-0.39, 0.29) is 24.0 Å². The number of rotatable bonds is 5. The second kappa shape index (κ2) is 9.33. The van der Waals surface area contributed by atoms with Gasteiger partial charge in [-0.2, -0.15) is 0 Å². The lowest BCUT2D eigenvalue weighted by Gasteiger charge is -2.36. The predicted octanol–water partition coefficient (Wildman–Crippen LogP) is 2.23. The molecule has 2 aromatic rings. The van der Waals surface area contributed by atoms with Gasteiger partial charge in [0.2, 0.25) is 0 Å². The quantitative estimate of drug-likeness (QED) is 0.387. The molecule has 148 valence electrons. The van der Waals surface area contributed by atoms with Gasteiger partial charge in [0.25, 0.3) is 0 Å². The van der Waals surface area contributed by atoms with Crippen molar-refractivity contribution in [2.45, 2.75) is 38.9 Å². The third kappa shape index (κ3) is 5.41. The molecule has 0 radical (unpaired) electrons. The predicted molar refractivity (Wildman–Crippen MR) is 120 cm³/mol. The van der Waals surface area contributed by atoms with Gasteiger partial charge >= 0.3 is 0 Å². The zero-order valence-electron chi connectivity index (χ0n) is 16.0. The number of thiophene rings is 1. The number of aromatic nitrogens is 3. The maximum absolute atomic E-state index is 4.86. The molecule has 2 aliphatic rings. The van der Waals surface area contributed by atoms with E-state index in [1.807, 2.05) is 29.9 Å². The fourth-order valence-corrected chi connectivity index (χ4v) is 3.87. The van der Waals surface area contributed by atoms with Crippen LogP contribution >= 0.6 is 35.3 Å². The minimum Gasteiger partial charge on any atom is -0.353 e. The summed E-state index contributed by atoms with van der Waals surface area (Å²) in [5, 5.41) is 14.1. The van der Waals surface area contributed by atoms with Gasteiger partial charge in [-0.1, -0.05) is 6.07 Å². The van der Waals surface area contributed by atoms with Gasteiger partial charge in [0.05, 0.1) is 0 Å². The van der Waals surface area contributed by atoms with Gasteiger partial charge in [0, 0.05) is 50.7 Å². The van der Waals surface area contributed by atoms with Crippen molar-refractivity contribution < 1.29 is 0 Å². The van der Waals surface area contributed by atoms with Crippen LogP contribution in [-0.4, -0.2) is 62.7 Å². The van der Waals surface area contributed by atoms with Crippen molar-refractivity contribution in [2.24, 2.45) is 12.0 Å². The highest BCUT2D eigenvalue weighted by Crippen LogP contribution is 2.20. The monoisotopic (exact) mass is 501 g/mol. The first-order chi connectivity index (χ1) is 12.7. The van der Waals surface area contributed by atoms with Crippen LogP contribution in [0.3, 0.4) is 0 Å². The van der Waals surface area contributed by atoms with Crippen molar-refractivity contribution in [3.63, 3.8) is 0 Å². The van der Waals surface area contributed by atoms with Gasteiger partial charge in [-0.05, 0) is 31.2 Å². The second-order valence-corrected chi connectivity index (χ2v) is 8.16. The van der Waals surface area contributed by atoms with Crippen LogP contribution < -0.4 is 5.32 Å². The largest absolute Gasteiger partial charge is 0.353 e. The number of nitrogens with one attached hydrogen (secondary N) is 1. The van der Waals surface area contributed by atoms with Gasteiger partial charge in [0.15, 0.2) is 11.8 Å². The first kappa shape index (κ1) is 20.5. The maximum atomic E-state index is 4.86. The summed E-state index contributed by atoms with van der Waals surface area (Å²) in [7, 11) is 2.00. The zero-order chi connectivity index (χ0) is 17.9. The average molecular weight is 501 g/mol. The van der Waals surface area contributed by atoms with Crippen molar-refractivity contribution >= 4 is 41.3 Å². The number of aryl methyl sites for hydroxylation is 1. The standard InChI is InChI=1S/C18H27N7S.HI/c1-14-21-22-17(23(14)2)12-19-18(20-15-5-6-15)25-9-7-24(8-10-25)13-16-4-3-11-26-16;/h3-4,11,15H,5-10,12-13H2,1-2H3,(H,19,20);1H. The summed E-state index contributed by atoms with van der Waals surface area (Å²) in [6, 6.07) is 4.95. The molecule has 3 heterocycles. The average Bonchev–Trinajstić information content (AvgIpc) is 3.22. The number of hydrogen-bond acceptors (Lipinski definition) is 5. The summed E-state index contributed by atoms with van der Waals surface area (Å²) < 4.78 is 2.01. The van der Waals surface area contributed by atoms with E-state index in [4.69, 9.17) is 4.99 Å².